The van der Waals surface area contributed by atoms with E-state index < -0.39 is 155 Å². The Balaban J connectivity index is 1.45. The lowest BCUT2D eigenvalue weighted by Gasteiger charge is -2.66. The molecule has 67 heavy (non-hydrogen) atoms. The summed E-state index contributed by atoms with van der Waals surface area (Å²) in [6.07, 6.45) is -13.0. The molecule has 0 radical (unpaired) electrons. The van der Waals surface area contributed by atoms with Gasteiger partial charge in [-0.05, 0) is 82.1 Å². The molecular weight excluding hydrogens is 883 g/mol. The van der Waals surface area contributed by atoms with Gasteiger partial charge in [-0.3, -0.25) is 19.2 Å². The second-order valence-electron chi connectivity index (χ2n) is 19.8. The maximum atomic E-state index is 15.1. The van der Waals surface area contributed by atoms with E-state index in [1.807, 2.05) is 0 Å². The van der Waals surface area contributed by atoms with Crippen LogP contribution in [0.5, 0.6) is 0 Å². The van der Waals surface area contributed by atoms with E-state index in [1.165, 1.54) is 26.0 Å². The zero-order valence-corrected chi connectivity index (χ0v) is 38.7. The van der Waals surface area contributed by atoms with Crippen LogP contribution in [0, 0.1) is 28.6 Å². The highest BCUT2D eigenvalue weighted by Crippen LogP contribution is 2.63. The SMILES string of the molecule is CC(=O)O[C@@]12CO[C@@H]1C[C@H](O)[C@@]1(C)C(=O)[C@H](O)C3=C(C)[C@@H](OC(=O)[C@H](OC(=O)COC(=O)C[C@H](N)C(N)=O)[C@@H](NC(=O)OC(C)(C)C)C4CC4)[C@H](O)C([C@@H](OC(=O)c4ccccc4)C12)C3(C)C. The molecule has 1 aromatic carbocycles. The quantitative estimate of drug-likeness (QED) is 0.0838. The predicted molar refractivity (Wildman–Crippen MR) is 227 cm³/mol. The maximum Gasteiger partial charge on any atom is 0.408 e. The van der Waals surface area contributed by atoms with Crippen LogP contribution in [0.25, 0.3) is 0 Å². The first kappa shape index (κ1) is 50.9. The van der Waals surface area contributed by atoms with Crippen LogP contribution in [0.15, 0.2) is 41.5 Å². The zero-order chi connectivity index (χ0) is 49.7. The number of amides is 2. The van der Waals surface area contributed by atoms with Crippen molar-refractivity contribution in [2.75, 3.05) is 13.2 Å². The number of hydrogen-bond acceptors (Lipinski definition) is 19. The van der Waals surface area contributed by atoms with Crippen LogP contribution in [0.4, 0.5) is 4.79 Å². The lowest BCUT2D eigenvalue weighted by atomic mass is 9.45. The third-order valence-corrected chi connectivity index (χ3v) is 13.7. The van der Waals surface area contributed by atoms with Crippen molar-refractivity contribution in [2.45, 2.75) is 147 Å². The number of aliphatic hydroxyl groups is 3. The van der Waals surface area contributed by atoms with Gasteiger partial charge >= 0.3 is 35.9 Å². The number of carbonyl (C=O) groups is 8. The number of Topliss-reactive ketones (excluding diaryl/α,β-unsaturated/α-hetero) is 1. The van der Waals surface area contributed by atoms with Crippen LogP contribution in [0.1, 0.15) is 91.4 Å². The van der Waals surface area contributed by atoms with Gasteiger partial charge in [0.2, 0.25) is 12.0 Å². The number of hydrogen-bond donors (Lipinski definition) is 6. The van der Waals surface area contributed by atoms with E-state index in [2.05, 4.69) is 5.32 Å². The number of carbonyl (C=O) groups excluding carboxylic acids is 8. The van der Waals surface area contributed by atoms with Gasteiger partial charge in [-0.25, -0.2) is 19.2 Å². The minimum absolute atomic E-state index is 0.0177. The van der Waals surface area contributed by atoms with Gasteiger partial charge in [0.15, 0.2) is 18.0 Å². The van der Waals surface area contributed by atoms with Gasteiger partial charge < -0.3 is 65.3 Å². The third kappa shape index (κ3) is 9.92. The van der Waals surface area contributed by atoms with Gasteiger partial charge in [-0.2, -0.15) is 0 Å². The Morgan fingerprint density at radius 3 is 2.16 bits per heavy atom. The van der Waals surface area contributed by atoms with Crippen LogP contribution in [-0.4, -0.2) is 142 Å². The average Bonchev–Trinajstić information content (AvgIpc) is 4.07. The zero-order valence-electron chi connectivity index (χ0n) is 38.7. The number of primary amides is 1. The predicted octanol–water partition coefficient (Wildman–Crippen LogP) is 0.450. The second kappa shape index (κ2) is 18.9. The number of nitrogens with one attached hydrogen (secondary N) is 1. The van der Waals surface area contributed by atoms with Gasteiger partial charge in [0.05, 0.1) is 48.1 Å². The van der Waals surface area contributed by atoms with E-state index in [1.54, 1.807) is 52.8 Å². The number of alkyl carbamates (subject to hydrolysis) is 1. The summed E-state index contributed by atoms with van der Waals surface area (Å²) in [5.74, 6) is -10.8. The van der Waals surface area contributed by atoms with Gasteiger partial charge in [0.25, 0.3) is 0 Å². The number of nitrogens with two attached hydrogens (primary N) is 2. The lowest BCUT2D eigenvalue weighted by molar-refractivity contribution is -0.337. The molecule has 21 heteroatoms. The Hall–Kier alpha value is -5.48. The molecule has 1 aliphatic heterocycles. The molecule has 0 spiro atoms. The Bertz CT molecular complexity index is 2190. The average molecular weight is 944 g/mol. The fourth-order valence-corrected chi connectivity index (χ4v) is 10.5. The number of benzene rings is 1. The van der Waals surface area contributed by atoms with Crippen molar-refractivity contribution in [3.8, 4) is 0 Å². The van der Waals surface area contributed by atoms with Gasteiger partial charge in [-0.15, -0.1) is 0 Å². The molecule has 6 rings (SSSR count). The van der Waals surface area contributed by atoms with Crippen LogP contribution in [0.2, 0.25) is 0 Å². The summed E-state index contributed by atoms with van der Waals surface area (Å²) in [6.45, 7) is 10.5. The van der Waals surface area contributed by atoms with E-state index in [0.717, 1.165) is 6.92 Å². The number of fused-ring (bicyclic) bond motifs is 5. The van der Waals surface area contributed by atoms with Gasteiger partial charge in [0.1, 0.15) is 36.1 Å². The molecule has 13 atom stereocenters. The summed E-state index contributed by atoms with van der Waals surface area (Å²) >= 11 is 0. The molecule has 1 aromatic rings. The first-order valence-corrected chi connectivity index (χ1v) is 22.1. The van der Waals surface area contributed by atoms with Crippen LogP contribution >= 0.6 is 0 Å². The Kier molecular flexibility index (Phi) is 14.4. The van der Waals surface area contributed by atoms with E-state index in [9.17, 15) is 48.9 Å². The number of aliphatic hydroxyl groups excluding tert-OH is 3. The second-order valence-corrected chi connectivity index (χ2v) is 19.8. The molecule has 368 valence electrons. The van der Waals surface area contributed by atoms with Crippen molar-refractivity contribution >= 4 is 47.6 Å². The Morgan fingerprint density at radius 1 is 0.970 bits per heavy atom. The normalized spacial score (nSPS) is 32.1. The lowest BCUT2D eigenvalue weighted by Crippen LogP contribution is -2.80. The van der Waals surface area contributed by atoms with Crippen molar-refractivity contribution in [1.82, 2.24) is 5.32 Å². The molecule has 4 aliphatic carbocycles. The molecule has 8 N–H and O–H groups in total. The topological polar surface area (TPSA) is 326 Å². The monoisotopic (exact) mass is 943 g/mol. The van der Waals surface area contributed by atoms with E-state index in [-0.39, 0.29) is 29.7 Å². The Morgan fingerprint density at radius 2 is 1.61 bits per heavy atom. The summed E-state index contributed by atoms with van der Waals surface area (Å²) in [7, 11) is 0. The van der Waals surface area contributed by atoms with E-state index in [0.29, 0.717) is 12.8 Å². The Labute approximate surface area is 386 Å². The summed E-state index contributed by atoms with van der Waals surface area (Å²) in [4.78, 5) is 107. The molecule has 2 amide bonds. The molecule has 21 nitrogen and oxygen atoms in total. The van der Waals surface area contributed by atoms with Crippen molar-refractivity contribution in [3.05, 3.63) is 47.0 Å². The van der Waals surface area contributed by atoms with Gasteiger partial charge in [-0.1, -0.05) is 32.0 Å². The smallest absolute Gasteiger partial charge is 0.408 e. The molecule has 2 bridgehead atoms. The molecule has 1 saturated heterocycles. The molecule has 2 unspecified atom stereocenters. The number of ketones is 1. The van der Waals surface area contributed by atoms with Crippen molar-refractivity contribution in [2.24, 2.45) is 40.1 Å². The van der Waals surface area contributed by atoms with Gasteiger partial charge in [0, 0.05) is 19.3 Å². The molecule has 0 aromatic heterocycles. The van der Waals surface area contributed by atoms with Crippen LogP contribution < -0.4 is 16.8 Å². The van der Waals surface area contributed by atoms with Crippen molar-refractivity contribution in [3.63, 3.8) is 0 Å². The molecule has 1 heterocycles. The minimum atomic E-state index is -2.05. The fourth-order valence-electron chi connectivity index (χ4n) is 10.5. The van der Waals surface area contributed by atoms with Crippen molar-refractivity contribution < 1.29 is 86.8 Å². The summed E-state index contributed by atoms with van der Waals surface area (Å²) < 4.78 is 40.3. The standard InChI is InChI=1S/C46H61N3O18/c1-20-29-33(55)38(56)45(8)25(51)17-26-46(19-62-26,66-21(2)50)37(45)35(65-40(58)23-12-10-9-11-13-23)30(44(29,6)7)32(54)34(20)64-41(59)36(31(22-14-15-22)49-42(60)67-43(3,4)5)63-28(53)18-61-27(52)16-24(47)39(48)57/h9-13,22,24-26,30-37,51,54-55H,14-19,47H2,1-8H3,(H2,48,57)(H,49,60)/t24-,25-,26+,30?,31-,32+,33+,34+,35+,36+,37?,45+,46-/m0/s1. The summed E-state index contributed by atoms with van der Waals surface area (Å²) in [5.41, 5.74) is 4.35. The number of rotatable bonds is 14. The molecular formula is C46H61N3O18. The largest absolute Gasteiger partial charge is 0.458 e. The highest BCUT2D eigenvalue weighted by molar-refractivity contribution is 5.94. The summed E-state index contributed by atoms with van der Waals surface area (Å²) in [6, 6.07) is 5.01. The highest BCUT2D eigenvalue weighted by atomic mass is 16.6. The van der Waals surface area contributed by atoms with Crippen molar-refractivity contribution in [1.29, 1.82) is 0 Å². The molecule has 3 saturated carbocycles. The van der Waals surface area contributed by atoms with Crippen LogP contribution in [0.3, 0.4) is 0 Å². The number of esters is 5. The van der Waals surface area contributed by atoms with E-state index in [4.69, 9.17) is 44.6 Å². The third-order valence-electron chi connectivity index (χ3n) is 13.7. The minimum Gasteiger partial charge on any atom is -0.458 e. The molecule has 4 fully saturated rings. The first-order chi connectivity index (χ1) is 31.1. The number of ether oxygens (including phenoxy) is 7. The fraction of sp³-hybridized carbons (Fsp3) is 0.652. The molecule has 5 aliphatic rings. The maximum absolute atomic E-state index is 15.1. The first-order valence-electron chi connectivity index (χ1n) is 22.1. The summed E-state index contributed by atoms with van der Waals surface area (Å²) in [5, 5.41) is 39.6. The van der Waals surface area contributed by atoms with E-state index >= 15 is 4.79 Å². The van der Waals surface area contributed by atoms with Crippen LogP contribution in [-0.2, 0) is 61.9 Å². The highest BCUT2D eigenvalue weighted by Gasteiger charge is 2.76.